The minimum absolute atomic E-state index is 0.104. The number of rotatable bonds is 6. The Morgan fingerprint density at radius 3 is 3.00 bits per heavy atom. The van der Waals surface area contributed by atoms with E-state index in [-0.39, 0.29) is 17.9 Å². The maximum atomic E-state index is 12.3. The monoisotopic (exact) mass is 311 g/mol. The fourth-order valence-electron chi connectivity index (χ4n) is 2.79. The van der Waals surface area contributed by atoms with Crippen molar-refractivity contribution >= 4 is 24.4 Å². The first kappa shape index (κ1) is 16.5. The summed E-state index contributed by atoms with van der Waals surface area (Å²) in [5.74, 6) is -0.882. The van der Waals surface area contributed by atoms with Gasteiger partial charge >= 0.3 is 7.12 Å². The lowest BCUT2D eigenvalue weighted by molar-refractivity contribution is -0.128. The molecule has 1 heterocycles. The highest BCUT2D eigenvalue weighted by Crippen LogP contribution is 2.26. The van der Waals surface area contributed by atoms with E-state index in [1.807, 2.05) is 16.8 Å². The molecule has 1 amide bonds. The molecule has 0 bridgehead atoms. The predicted octanol–water partition coefficient (Wildman–Crippen LogP) is 0.993. The molecule has 0 spiro atoms. The summed E-state index contributed by atoms with van der Waals surface area (Å²) in [6.45, 7) is 0. The number of nitrogens with one attached hydrogen (secondary N) is 1. The maximum Gasteiger partial charge on any atom is 0.475 e. The second kappa shape index (κ2) is 7.94. The molecule has 1 aliphatic carbocycles. The number of amides is 1. The van der Waals surface area contributed by atoms with Crippen molar-refractivity contribution in [3.8, 4) is 0 Å². The third kappa shape index (κ3) is 4.81. The van der Waals surface area contributed by atoms with E-state index in [1.165, 1.54) is 0 Å². The van der Waals surface area contributed by atoms with Crippen LogP contribution in [0.3, 0.4) is 0 Å². The third-order valence-electron chi connectivity index (χ3n) is 4.05. The zero-order valence-electron chi connectivity index (χ0n) is 12.2. The Morgan fingerprint density at radius 2 is 2.38 bits per heavy atom. The van der Waals surface area contributed by atoms with Crippen molar-refractivity contribution in [1.29, 1.82) is 0 Å². The number of hydrogen-bond donors (Lipinski definition) is 3. The number of methoxy groups -OCH3 is 1. The van der Waals surface area contributed by atoms with Gasteiger partial charge in [0.2, 0.25) is 5.91 Å². The smallest absolute Gasteiger partial charge is 0.426 e. The fraction of sp³-hybridized carbons (Fsp3) is 0.643. The van der Waals surface area contributed by atoms with Gasteiger partial charge in [-0.3, -0.25) is 4.79 Å². The van der Waals surface area contributed by atoms with Crippen LogP contribution in [0.25, 0.3) is 0 Å². The number of carbonyl (C=O) groups is 1. The molecule has 3 atom stereocenters. The van der Waals surface area contributed by atoms with Gasteiger partial charge in [-0.15, -0.1) is 0 Å². The Morgan fingerprint density at radius 1 is 1.57 bits per heavy atom. The Labute approximate surface area is 129 Å². The second-order valence-corrected chi connectivity index (χ2v) is 6.37. The Kier molecular flexibility index (Phi) is 6.23. The molecule has 5 nitrogen and oxygen atoms in total. The van der Waals surface area contributed by atoms with Crippen LogP contribution < -0.4 is 5.32 Å². The average molecular weight is 311 g/mol. The Bertz CT molecular complexity index is 440. The first-order valence-corrected chi connectivity index (χ1v) is 8.24. The van der Waals surface area contributed by atoms with Gasteiger partial charge in [-0.05, 0) is 48.1 Å². The van der Waals surface area contributed by atoms with E-state index in [0.717, 1.165) is 24.8 Å². The molecule has 0 radical (unpaired) electrons. The first-order chi connectivity index (χ1) is 10.1. The van der Waals surface area contributed by atoms with Crippen LogP contribution in [-0.2, 0) is 16.0 Å². The topological polar surface area (TPSA) is 78.8 Å². The molecule has 1 aliphatic rings. The molecule has 1 aromatic heterocycles. The van der Waals surface area contributed by atoms with E-state index in [4.69, 9.17) is 4.74 Å². The third-order valence-corrected chi connectivity index (χ3v) is 4.79. The molecule has 1 fully saturated rings. The Hall–Kier alpha value is -0.885. The van der Waals surface area contributed by atoms with E-state index < -0.39 is 13.1 Å². The van der Waals surface area contributed by atoms with Crippen molar-refractivity contribution in [3.63, 3.8) is 0 Å². The molecule has 1 aromatic rings. The lowest BCUT2D eigenvalue weighted by Gasteiger charge is -2.29. The average Bonchev–Trinajstić information content (AvgIpc) is 2.99. The SMILES string of the molecule is CO[C@@H]1CCC[C@H](C(=O)N[C@@H](Cc2ccsc2)B(O)O)C1. The molecular formula is C14H22BNO4S. The molecule has 21 heavy (non-hydrogen) atoms. The number of hydrogen-bond acceptors (Lipinski definition) is 5. The molecule has 2 rings (SSSR count). The largest absolute Gasteiger partial charge is 0.475 e. The minimum atomic E-state index is -1.56. The van der Waals surface area contributed by atoms with Crippen LogP contribution in [0.1, 0.15) is 31.2 Å². The Balaban J connectivity index is 1.91. The van der Waals surface area contributed by atoms with E-state index in [2.05, 4.69) is 5.32 Å². The highest BCUT2D eigenvalue weighted by Gasteiger charge is 2.31. The molecular weight excluding hydrogens is 289 g/mol. The summed E-state index contributed by atoms with van der Waals surface area (Å²) in [5.41, 5.74) is 0.997. The molecule has 7 heteroatoms. The summed E-state index contributed by atoms with van der Waals surface area (Å²) >= 11 is 1.55. The van der Waals surface area contributed by atoms with Crippen LogP contribution in [0.15, 0.2) is 16.8 Å². The lowest BCUT2D eigenvalue weighted by Crippen LogP contribution is -2.50. The van der Waals surface area contributed by atoms with Crippen LogP contribution in [-0.4, -0.2) is 42.2 Å². The molecule has 3 N–H and O–H groups in total. The summed E-state index contributed by atoms with van der Waals surface area (Å²) in [7, 11) is 0.109. The van der Waals surface area contributed by atoms with E-state index in [9.17, 15) is 14.8 Å². The number of thiophene rings is 1. The van der Waals surface area contributed by atoms with Gasteiger partial charge in [0.1, 0.15) is 0 Å². The molecule has 0 saturated heterocycles. The second-order valence-electron chi connectivity index (χ2n) is 5.59. The van der Waals surface area contributed by atoms with Crippen molar-refractivity contribution < 1.29 is 19.6 Å². The van der Waals surface area contributed by atoms with Gasteiger partial charge in [-0.25, -0.2) is 0 Å². The van der Waals surface area contributed by atoms with Gasteiger partial charge in [0.05, 0.1) is 12.0 Å². The quantitative estimate of drug-likeness (QED) is 0.685. The van der Waals surface area contributed by atoms with Crippen molar-refractivity contribution in [1.82, 2.24) is 5.32 Å². The van der Waals surface area contributed by atoms with E-state index in [0.29, 0.717) is 12.8 Å². The lowest BCUT2D eigenvalue weighted by atomic mass is 9.75. The van der Waals surface area contributed by atoms with Crippen LogP contribution in [0.5, 0.6) is 0 Å². The van der Waals surface area contributed by atoms with Gasteiger partial charge in [0.15, 0.2) is 0 Å². The summed E-state index contributed by atoms with van der Waals surface area (Å²) in [5, 5.41) is 25.6. The summed E-state index contributed by atoms with van der Waals surface area (Å²) in [6, 6.07) is 1.92. The normalized spacial score (nSPS) is 23.6. The number of carbonyl (C=O) groups excluding carboxylic acids is 1. The van der Waals surface area contributed by atoms with Gasteiger partial charge < -0.3 is 20.1 Å². The van der Waals surface area contributed by atoms with Crippen molar-refractivity contribution in [3.05, 3.63) is 22.4 Å². The van der Waals surface area contributed by atoms with Crippen LogP contribution in [0.2, 0.25) is 0 Å². The summed E-state index contributed by atoms with van der Waals surface area (Å²) in [4.78, 5) is 12.3. The fourth-order valence-corrected chi connectivity index (χ4v) is 3.47. The van der Waals surface area contributed by atoms with Gasteiger partial charge in [-0.1, -0.05) is 6.42 Å². The first-order valence-electron chi connectivity index (χ1n) is 7.30. The summed E-state index contributed by atoms with van der Waals surface area (Å²) < 4.78 is 5.33. The summed E-state index contributed by atoms with van der Waals surface area (Å²) in [6.07, 6.45) is 4.04. The van der Waals surface area contributed by atoms with Gasteiger partial charge in [-0.2, -0.15) is 11.3 Å². The zero-order valence-corrected chi connectivity index (χ0v) is 13.0. The zero-order chi connectivity index (χ0) is 15.2. The van der Waals surface area contributed by atoms with Crippen LogP contribution in [0, 0.1) is 5.92 Å². The van der Waals surface area contributed by atoms with Crippen LogP contribution >= 0.6 is 11.3 Å². The molecule has 0 aliphatic heterocycles. The van der Waals surface area contributed by atoms with Gasteiger partial charge in [0.25, 0.3) is 0 Å². The molecule has 0 unspecified atom stereocenters. The van der Waals surface area contributed by atoms with Gasteiger partial charge in [0, 0.05) is 13.0 Å². The van der Waals surface area contributed by atoms with E-state index >= 15 is 0 Å². The molecule has 116 valence electrons. The van der Waals surface area contributed by atoms with Crippen LogP contribution in [0.4, 0.5) is 0 Å². The minimum Gasteiger partial charge on any atom is -0.426 e. The van der Waals surface area contributed by atoms with Crippen molar-refractivity contribution in [2.75, 3.05) is 7.11 Å². The standard InChI is InChI=1S/C14H22BNO4S/c1-20-12-4-2-3-11(8-12)14(17)16-13(15(18)19)7-10-5-6-21-9-10/h5-6,9,11-13,18-19H,2-4,7-8H2,1H3,(H,16,17)/t11-,12+,13-/m0/s1. The van der Waals surface area contributed by atoms with E-state index in [1.54, 1.807) is 18.4 Å². The molecule has 0 aromatic carbocycles. The highest BCUT2D eigenvalue weighted by molar-refractivity contribution is 7.07. The van der Waals surface area contributed by atoms with Crippen molar-refractivity contribution in [2.24, 2.45) is 5.92 Å². The molecule has 1 saturated carbocycles. The maximum absolute atomic E-state index is 12.3. The predicted molar refractivity (Wildman–Crippen MR) is 82.9 cm³/mol. The highest BCUT2D eigenvalue weighted by atomic mass is 32.1. The van der Waals surface area contributed by atoms with Crippen molar-refractivity contribution in [2.45, 2.75) is 44.1 Å². The number of ether oxygens (including phenoxy) is 1.